The second-order valence-corrected chi connectivity index (χ2v) is 7.99. The first-order chi connectivity index (χ1) is 10.1. The molecule has 1 aromatic rings. The number of carbonyl (C=O) groups excluding carboxylic acids is 1. The second-order valence-electron chi connectivity index (χ2n) is 5.36. The van der Waals surface area contributed by atoms with Crippen LogP contribution in [0.3, 0.4) is 0 Å². The highest BCUT2D eigenvalue weighted by Crippen LogP contribution is 2.16. The summed E-state index contributed by atoms with van der Waals surface area (Å²) >= 11 is 3.25. The number of benzene rings is 1. The molecule has 0 radical (unpaired) electrons. The zero-order valence-electron chi connectivity index (χ0n) is 12.8. The highest BCUT2D eigenvalue weighted by atomic mass is 79.9. The van der Waals surface area contributed by atoms with Crippen molar-refractivity contribution in [2.75, 3.05) is 6.61 Å². The summed E-state index contributed by atoms with van der Waals surface area (Å²) in [6.45, 7) is 8.93. The van der Waals surface area contributed by atoms with E-state index in [2.05, 4.69) is 27.2 Å². The first-order valence-electron chi connectivity index (χ1n) is 6.72. The van der Waals surface area contributed by atoms with Crippen molar-refractivity contribution >= 4 is 31.9 Å². The van der Waals surface area contributed by atoms with Gasteiger partial charge in [-0.1, -0.05) is 36.4 Å². The van der Waals surface area contributed by atoms with E-state index in [-0.39, 0.29) is 17.4 Å². The van der Waals surface area contributed by atoms with Crippen LogP contribution < -0.4 is 4.72 Å². The standard InChI is InChI=1S/C15H20BrNO4S/c1-10(2)9-21-15(18)14(11(3)4)17-22(19,20)13-7-5-12(16)6-8-13/h5-8,11,14,17H,1,9H2,2-4H3. The van der Waals surface area contributed by atoms with Crippen LogP contribution in [0.15, 0.2) is 45.8 Å². The summed E-state index contributed by atoms with van der Waals surface area (Å²) in [7, 11) is -3.80. The Kier molecular flexibility index (Phi) is 6.77. The molecule has 122 valence electrons. The monoisotopic (exact) mass is 389 g/mol. The molecule has 22 heavy (non-hydrogen) atoms. The molecular weight excluding hydrogens is 370 g/mol. The molecule has 0 spiro atoms. The molecular formula is C15H20BrNO4S. The summed E-state index contributed by atoms with van der Waals surface area (Å²) in [6.07, 6.45) is 0. The fraction of sp³-hybridized carbons (Fsp3) is 0.400. The lowest BCUT2D eigenvalue weighted by Gasteiger charge is -2.21. The Morgan fingerprint density at radius 1 is 1.32 bits per heavy atom. The van der Waals surface area contributed by atoms with E-state index in [0.29, 0.717) is 5.57 Å². The fourth-order valence-corrected chi connectivity index (χ4v) is 3.19. The summed E-state index contributed by atoms with van der Waals surface area (Å²) in [5.41, 5.74) is 0.687. The Morgan fingerprint density at radius 3 is 2.32 bits per heavy atom. The molecule has 1 N–H and O–H groups in total. The molecule has 0 heterocycles. The fourth-order valence-electron chi connectivity index (χ4n) is 1.59. The third-order valence-corrected chi connectivity index (χ3v) is 4.77. The molecule has 0 aromatic heterocycles. The largest absolute Gasteiger partial charge is 0.460 e. The molecule has 1 rings (SSSR count). The van der Waals surface area contributed by atoms with Gasteiger partial charge in [-0.3, -0.25) is 4.79 Å². The SMILES string of the molecule is C=C(C)COC(=O)C(NS(=O)(=O)c1ccc(Br)cc1)C(C)C. The van der Waals surface area contributed by atoms with Gasteiger partial charge in [-0.25, -0.2) is 8.42 Å². The smallest absolute Gasteiger partial charge is 0.324 e. The number of halogens is 1. The lowest BCUT2D eigenvalue weighted by Crippen LogP contribution is -2.45. The van der Waals surface area contributed by atoms with Crippen LogP contribution in [0.2, 0.25) is 0 Å². The van der Waals surface area contributed by atoms with Crippen molar-refractivity contribution in [3.8, 4) is 0 Å². The van der Waals surface area contributed by atoms with Crippen molar-refractivity contribution in [1.29, 1.82) is 0 Å². The summed E-state index contributed by atoms with van der Waals surface area (Å²) < 4.78 is 32.9. The summed E-state index contributed by atoms with van der Waals surface area (Å²) in [6, 6.07) is 5.22. The predicted molar refractivity (Wildman–Crippen MR) is 88.9 cm³/mol. The first-order valence-corrected chi connectivity index (χ1v) is 9.00. The third-order valence-electron chi connectivity index (χ3n) is 2.79. The van der Waals surface area contributed by atoms with Crippen LogP contribution in [0.1, 0.15) is 20.8 Å². The van der Waals surface area contributed by atoms with Crippen LogP contribution in [0.4, 0.5) is 0 Å². The van der Waals surface area contributed by atoms with Crippen molar-refractivity contribution in [2.24, 2.45) is 5.92 Å². The van der Waals surface area contributed by atoms with Gasteiger partial charge in [-0.05, 0) is 42.7 Å². The van der Waals surface area contributed by atoms with Crippen LogP contribution in [-0.4, -0.2) is 27.0 Å². The lowest BCUT2D eigenvalue weighted by atomic mass is 10.1. The molecule has 1 atom stereocenters. The number of sulfonamides is 1. The molecule has 1 unspecified atom stereocenters. The molecule has 0 fully saturated rings. The maximum Gasteiger partial charge on any atom is 0.324 e. The average Bonchev–Trinajstić information content (AvgIpc) is 2.42. The molecule has 0 aliphatic heterocycles. The Hall–Kier alpha value is -1.18. The molecule has 0 bridgehead atoms. The lowest BCUT2D eigenvalue weighted by molar-refractivity contribution is -0.145. The van der Waals surface area contributed by atoms with E-state index in [1.807, 2.05) is 0 Å². The zero-order chi connectivity index (χ0) is 16.9. The van der Waals surface area contributed by atoms with Gasteiger partial charge in [0, 0.05) is 4.47 Å². The van der Waals surface area contributed by atoms with Crippen LogP contribution in [0.5, 0.6) is 0 Å². The van der Waals surface area contributed by atoms with Gasteiger partial charge in [0.05, 0.1) is 4.90 Å². The van der Waals surface area contributed by atoms with Crippen LogP contribution in [0, 0.1) is 5.92 Å². The Morgan fingerprint density at radius 2 is 1.86 bits per heavy atom. The normalized spacial score (nSPS) is 13.0. The van der Waals surface area contributed by atoms with Gasteiger partial charge in [-0.2, -0.15) is 4.72 Å². The summed E-state index contributed by atoms with van der Waals surface area (Å²) in [4.78, 5) is 12.1. The average molecular weight is 390 g/mol. The molecule has 5 nitrogen and oxygen atoms in total. The second kappa shape index (κ2) is 7.89. The maximum atomic E-state index is 12.3. The zero-order valence-corrected chi connectivity index (χ0v) is 15.2. The molecule has 0 saturated heterocycles. The molecule has 0 saturated carbocycles. The Bertz CT molecular complexity index is 638. The van der Waals surface area contributed by atoms with Gasteiger partial charge in [-0.15, -0.1) is 0 Å². The number of rotatable bonds is 7. The highest BCUT2D eigenvalue weighted by Gasteiger charge is 2.29. The number of nitrogens with one attached hydrogen (secondary N) is 1. The predicted octanol–water partition coefficient (Wildman–Crippen LogP) is 2.87. The summed E-state index contributed by atoms with van der Waals surface area (Å²) in [5, 5.41) is 0. The van der Waals surface area contributed by atoms with E-state index in [1.54, 1.807) is 32.9 Å². The van der Waals surface area contributed by atoms with Crippen molar-refractivity contribution in [2.45, 2.75) is 31.7 Å². The van der Waals surface area contributed by atoms with Gasteiger partial charge >= 0.3 is 5.97 Å². The first kappa shape index (κ1) is 18.9. The quantitative estimate of drug-likeness (QED) is 0.574. The third kappa shape index (κ3) is 5.55. The minimum atomic E-state index is -3.80. The molecule has 0 aliphatic rings. The topological polar surface area (TPSA) is 72.5 Å². The molecule has 7 heteroatoms. The summed E-state index contributed by atoms with van der Waals surface area (Å²) in [5.74, 6) is -0.860. The number of hydrogen-bond donors (Lipinski definition) is 1. The van der Waals surface area contributed by atoms with Crippen molar-refractivity contribution in [3.63, 3.8) is 0 Å². The maximum absolute atomic E-state index is 12.3. The van der Waals surface area contributed by atoms with E-state index in [9.17, 15) is 13.2 Å². The van der Waals surface area contributed by atoms with Crippen molar-refractivity contribution in [1.82, 2.24) is 4.72 Å². The molecule has 0 amide bonds. The number of ether oxygens (including phenoxy) is 1. The van der Waals surface area contributed by atoms with Gasteiger partial charge in [0.1, 0.15) is 12.6 Å². The van der Waals surface area contributed by atoms with E-state index < -0.39 is 22.0 Å². The van der Waals surface area contributed by atoms with E-state index >= 15 is 0 Å². The number of hydrogen-bond acceptors (Lipinski definition) is 4. The van der Waals surface area contributed by atoms with Gasteiger partial charge in [0.25, 0.3) is 0 Å². The molecule has 0 aliphatic carbocycles. The molecule has 1 aromatic carbocycles. The number of esters is 1. The van der Waals surface area contributed by atoms with Gasteiger partial charge in [0.2, 0.25) is 10.0 Å². The Labute approximate surface area is 139 Å². The van der Waals surface area contributed by atoms with Crippen LogP contribution in [0.25, 0.3) is 0 Å². The Balaban J connectivity index is 2.92. The highest BCUT2D eigenvalue weighted by molar-refractivity contribution is 9.10. The minimum Gasteiger partial charge on any atom is -0.460 e. The van der Waals surface area contributed by atoms with Crippen molar-refractivity contribution in [3.05, 3.63) is 40.9 Å². The van der Waals surface area contributed by atoms with E-state index in [0.717, 1.165) is 4.47 Å². The number of carbonyl (C=O) groups is 1. The van der Waals surface area contributed by atoms with Crippen LogP contribution >= 0.6 is 15.9 Å². The minimum absolute atomic E-state index is 0.0715. The van der Waals surface area contributed by atoms with E-state index in [1.165, 1.54) is 12.1 Å². The van der Waals surface area contributed by atoms with Crippen LogP contribution in [-0.2, 0) is 19.6 Å². The van der Waals surface area contributed by atoms with Crippen molar-refractivity contribution < 1.29 is 17.9 Å². The van der Waals surface area contributed by atoms with Gasteiger partial charge < -0.3 is 4.74 Å². The van der Waals surface area contributed by atoms with E-state index in [4.69, 9.17) is 4.74 Å². The van der Waals surface area contributed by atoms with Gasteiger partial charge in [0.15, 0.2) is 0 Å².